The SMILES string of the molecule is CCCCCCCCCCCCCCCCOc1cc(N)c(N)cc1OCCCCCCCCCCCCCCCC. The molecule has 0 aliphatic heterocycles. The highest BCUT2D eigenvalue weighted by Gasteiger charge is 2.09. The maximum atomic E-state index is 6.09. The lowest BCUT2D eigenvalue weighted by Crippen LogP contribution is -2.05. The summed E-state index contributed by atoms with van der Waals surface area (Å²) >= 11 is 0. The van der Waals surface area contributed by atoms with Gasteiger partial charge >= 0.3 is 0 Å². The van der Waals surface area contributed by atoms with E-state index in [9.17, 15) is 0 Å². The number of hydrogen-bond donors (Lipinski definition) is 2. The Morgan fingerprint density at radius 2 is 0.571 bits per heavy atom. The lowest BCUT2D eigenvalue weighted by molar-refractivity contribution is 0.258. The minimum atomic E-state index is 0.565. The molecule has 0 radical (unpaired) electrons. The van der Waals surface area contributed by atoms with E-state index < -0.39 is 0 Å². The number of unbranched alkanes of at least 4 members (excludes halogenated alkanes) is 26. The van der Waals surface area contributed by atoms with Crippen molar-refractivity contribution in [1.29, 1.82) is 0 Å². The zero-order chi connectivity index (χ0) is 30.4. The lowest BCUT2D eigenvalue weighted by Gasteiger charge is -2.15. The van der Waals surface area contributed by atoms with Crippen LogP contribution in [0, 0.1) is 0 Å². The van der Waals surface area contributed by atoms with Crippen LogP contribution < -0.4 is 20.9 Å². The Hall–Kier alpha value is -1.58. The average molecular weight is 589 g/mol. The van der Waals surface area contributed by atoms with Crippen LogP contribution in [0.1, 0.15) is 194 Å². The lowest BCUT2D eigenvalue weighted by atomic mass is 10.0. The summed E-state index contributed by atoms with van der Waals surface area (Å²) in [4.78, 5) is 0. The van der Waals surface area contributed by atoms with Crippen molar-refractivity contribution in [2.45, 2.75) is 194 Å². The first kappa shape index (κ1) is 38.4. The van der Waals surface area contributed by atoms with Crippen molar-refractivity contribution in [2.24, 2.45) is 0 Å². The highest BCUT2D eigenvalue weighted by Crippen LogP contribution is 2.34. The summed E-state index contributed by atoms with van der Waals surface area (Å²) in [5.41, 5.74) is 13.3. The maximum absolute atomic E-state index is 6.09. The zero-order valence-corrected chi connectivity index (χ0v) is 28.3. The Balaban J connectivity index is 2.03. The second kappa shape index (κ2) is 29.5. The molecule has 1 aromatic rings. The van der Waals surface area contributed by atoms with Gasteiger partial charge in [-0.2, -0.15) is 0 Å². The molecule has 1 rings (SSSR count). The van der Waals surface area contributed by atoms with Gasteiger partial charge in [-0.3, -0.25) is 0 Å². The summed E-state index contributed by atoms with van der Waals surface area (Å²) in [5, 5.41) is 0. The molecule has 0 heterocycles. The van der Waals surface area contributed by atoms with E-state index in [1.807, 2.05) is 12.1 Å². The van der Waals surface area contributed by atoms with Crippen molar-refractivity contribution in [3.05, 3.63) is 12.1 Å². The minimum Gasteiger partial charge on any atom is -0.490 e. The molecule has 0 spiro atoms. The Labute approximate surface area is 262 Å². The number of ether oxygens (including phenoxy) is 2. The quantitative estimate of drug-likeness (QED) is 0.0648. The zero-order valence-electron chi connectivity index (χ0n) is 28.3. The van der Waals surface area contributed by atoms with Crippen LogP contribution in [0.2, 0.25) is 0 Å². The molecule has 0 bridgehead atoms. The standard InChI is InChI=1S/C38H72N2O2/c1-3-5-7-9-11-13-15-17-19-21-23-25-27-29-31-41-37-33-35(39)36(40)34-38(37)42-32-30-28-26-24-22-20-18-16-14-12-10-8-6-4-2/h33-34H,3-32,39-40H2,1-2H3. The van der Waals surface area contributed by atoms with E-state index in [1.165, 1.54) is 167 Å². The van der Waals surface area contributed by atoms with Gasteiger partial charge in [0.2, 0.25) is 0 Å². The first-order valence-electron chi connectivity index (χ1n) is 18.6. The van der Waals surface area contributed by atoms with Crippen molar-refractivity contribution in [3.63, 3.8) is 0 Å². The molecule has 4 heteroatoms. The molecular formula is C38H72N2O2. The largest absolute Gasteiger partial charge is 0.490 e. The van der Waals surface area contributed by atoms with Crippen LogP contribution in [-0.4, -0.2) is 13.2 Å². The van der Waals surface area contributed by atoms with Crippen LogP contribution in [0.25, 0.3) is 0 Å². The van der Waals surface area contributed by atoms with E-state index in [4.69, 9.17) is 20.9 Å². The van der Waals surface area contributed by atoms with Gasteiger partial charge in [-0.15, -0.1) is 0 Å². The Bertz CT molecular complexity index is 650. The fourth-order valence-electron chi connectivity index (χ4n) is 5.77. The summed E-state index contributed by atoms with van der Waals surface area (Å²) < 4.78 is 12.2. The van der Waals surface area contributed by atoms with E-state index in [0.717, 1.165) is 24.3 Å². The summed E-state index contributed by atoms with van der Waals surface area (Å²) in [5.74, 6) is 1.48. The van der Waals surface area contributed by atoms with Gasteiger partial charge in [0, 0.05) is 12.1 Å². The van der Waals surface area contributed by atoms with Crippen molar-refractivity contribution >= 4 is 11.4 Å². The topological polar surface area (TPSA) is 70.5 Å². The molecule has 246 valence electrons. The highest BCUT2D eigenvalue weighted by molar-refractivity contribution is 5.69. The third-order valence-electron chi connectivity index (χ3n) is 8.66. The fraction of sp³-hybridized carbons (Fsp3) is 0.842. The molecule has 0 atom stereocenters. The molecule has 4 nitrogen and oxygen atoms in total. The third-order valence-corrected chi connectivity index (χ3v) is 8.66. The van der Waals surface area contributed by atoms with Gasteiger partial charge in [0.25, 0.3) is 0 Å². The second-order valence-corrected chi connectivity index (χ2v) is 12.8. The van der Waals surface area contributed by atoms with Gasteiger partial charge in [0.1, 0.15) is 0 Å². The Morgan fingerprint density at radius 1 is 0.357 bits per heavy atom. The molecule has 0 saturated carbocycles. The third kappa shape index (κ3) is 22.9. The van der Waals surface area contributed by atoms with Crippen molar-refractivity contribution < 1.29 is 9.47 Å². The first-order valence-corrected chi connectivity index (χ1v) is 18.6. The van der Waals surface area contributed by atoms with Crippen LogP contribution in [0.5, 0.6) is 11.5 Å². The van der Waals surface area contributed by atoms with Crippen LogP contribution in [-0.2, 0) is 0 Å². The monoisotopic (exact) mass is 589 g/mol. The fourth-order valence-corrected chi connectivity index (χ4v) is 5.77. The average Bonchev–Trinajstić information content (AvgIpc) is 2.99. The Morgan fingerprint density at radius 3 is 0.810 bits per heavy atom. The van der Waals surface area contributed by atoms with E-state index in [1.54, 1.807) is 0 Å². The van der Waals surface area contributed by atoms with E-state index >= 15 is 0 Å². The summed E-state index contributed by atoms with van der Waals surface area (Å²) in [6, 6.07) is 3.67. The molecule has 0 saturated heterocycles. The van der Waals surface area contributed by atoms with E-state index in [2.05, 4.69) is 13.8 Å². The summed E-state index contributed by atoms with van der Waals surface area (Å²) in [6.07, 6.45) is 38.1. The van der Waals surface area contributed by atoms with Crippen LogP contribution >= 0.6 is 0 Å². The molecule has 0 amide bonds. The van der Waals surface area contributed by atoms with Gasteiger partial charge in [-0.25, -0.2) is 0 Å². The van der Waals surface area contributed by atoms with E-state index in [0.29, 0.717) is 24.6 Å². The van der Waals surface area contributed by atoms with Crippen molar-refractivity contribution in [1.82, 2.24) is 0 Å². The highest BCUT2D eigenvalue weighted by atomic mass is 16.5. The molecule has 4 N–H and O–H groups in total. The van der Waals surface area contributed by atoms with Gasteiger partial charge in [0.05, 0.1) is 24.6 Å². The number of rotatable bonds is 32. The van der Waals surface area contributed by atoms with Gasteiger partial charge in [-0.05, 0) is 12.8 Å². The maximum Gasteiger partial charge on any atom is 0.163 e. The minimum absolute atomic E-state index is 0.565. The predicted octanol–water partition coefficient (Wildman–Crippen LogP) is 12.6. The number of benzene rings is 1. The molecule has 0 fully saturated rings. The summed E-state index contributed by atoms with van der Waals surface area (Å²) in [7, 11) is 0. The van der Waals surface area contributed by atoms with Crippen LogP contribution in [0.15, 0.2) is 12.1 Å². The second-order valence-electron chi connectivity index (χ2n) is 12.8. The smallest absolute Gasteiger partial charge is 0.163 e. The number of hydrogen-bond acceptors (Lipinski definition) is 4. The van der Waals surface area contributed by atoms with Gasteiger partial charge < -0.3 is 20.9 Å². The molecular weight excluding hydrogens is 516 g/mol. The van der Waals surface area contributed by atoms with Crippen molar-refractivity contribution in [3.8, 4) is 11.5 Å². The molecule has 1 aromatic carbocycles. The Kier molecular flexibility index (Phi) is 27.0. The van der Waals surface area contributed by atoms with Gasteiger partial charge in [0.15, 0.2) is 11.5 Å². The van der Waals surface area contributed by atoms with Crippen LogP contribution in [0.4, 0.5) is 11.4 Å². The summed E-state index contributed by atoms with van der Waals surface area (Å²) in [6.45, 7) is 5.99. The molecule has 0 unspecified atom stereocenters. The number of nitrogens with two attached hydrogens (primary N) is 2. The van der Waals surface area contributed by atoms with E-state index in [-0.39, 0.29) is 0 Å². The normalized spacial score (nSPS) is 11.3. The number of anilines is 2. The molecule has 0 aliphatic carbocycles. The molecule has 42 heavy (non-hydrogen) atoms. The molecule has 0 aromatic heterocycles. The molecule has 0 aliphatic rings. The van der Waals surface area contributed by atoms with Crippen LogP contribution in [0.3, 0.4) is 0 Å². The number of nitrogen functional groups attached to an aromatic ring is 2. The van der Waals surface area contributed by atoms with Crippen molar-refractivity contribution in [2.75, 3.05) is 24.7 Å². The predicted molar refractivity (Wildman–Crippen MR) is 187 cm³/mol. The first-order chi connectivity index (χ1) is 20.7. The van der Waals surface area contributed by atoms with Gasteiger partial charge in [-0.1, -0.05) is 181 Å².